The van der Waals surface area contributed by atoms with Gasteiger partial charge in [-0.2, -0.15) is 0 Å². The molecule has 0 unspecified atom stereocenters. The van der Waals surface area contributed by atoms with Crippen molar-refractivity contribution in [2.45, 2.75) is 31.0 Å². The van der Waals surface area contributed by atoms with Crippen molar-refractivity contribution in [3.05, 3.63) is 23.1 Å². The van der Waals surface area contributed by atoms with Crippen molar-refractivity contribution in [1.82, 2.24) is 14.3 Å². The Bertz CT molecular complexity index is 1130. The summed E-state index contributed by atoms with van der Waals surface area (Å²) in [6, 6.07) is -0.488. The van der Waals surface area contributed by atoms with Crippen molar-refractivity contribution < 1.29 is 57.8 Å². The van der Waals surface area contributed by atoms with Crippen LogP contribution < -0.4 is 39.8 Å². The average molecular weight is 434 g/mol. The number of aliphatic hydroxyl groups is 1. The van der Waals surface area contributed by atoms with E-state index in [1.165, 1.54) is 17.7 Å². The quantitative estimate of drug-likeness (QED) is 0.362. The van der Waals surface area contributed by atoms with Gasteiger partial charge >= 0.3 is 29.6 Å². The fraction of sp³-hybridized carbons (Fsp3) is 0.400. The summed E-state index contributed by atoms with van der Waals surface area (Å²) in [7, 11) is -4.04. The molecule has 13 heteroatoms. The van der Waals surface area contributed by atoms with E-state index in [9.17, 15) is 28.2 Å². The first-order valence-electron chi connectivity index (χ1n) is 8.00. The Morgan fingerprint density at radius 2 is 2.11 bits per heavy atom. The van der Waals surface area contributed by atoms with Crippen LogP contribution in [0.1, 0.15) is 18.7 Å². The Labute approximate surface area is 186 Å². The van der Waals surface area contributed by atoms with E-state index in [-0.39, 0.29) is 51.0 Å². The van der Waals surface area contributed by atoms with Crippen LogP contribution in [0.5, 0.6) is 0 Å². The second kappa shape index (κ2) is 6.90. The Balaban J connectivity index is 0.00000225. The molecule has 0 spiro atoms. The number of thiazole rings is 1. The Morgan fingerprint density at radius 3 is 2.64 bits per heavy atom. The maximum atomic E-state index is 12.4. The molecule has 2 aromatic heterocycles. The van der Waals surface area contributed by atoms with Crippen LogP contribution in [0.2, 0.25) is 0 Å². The van der Waals surface area contributed by atoms with Crippen LogP contribution in [0, 0.1) is 11.8 Å². The summed E-state index contributed by atoms with van der Waals surface area (Å²) in [5.74, 6) is -3.05. The van der Waals surface area contributed by atoms with Gasteiger partial charge in [-0.3, -0.25) is 9.20 Å². The number of aliphatic carboxylic acids is 1. The number of carbonyl (C=O) groups excluding carboxylic acids is 2. The van der Waals surface area contributed by atoms with Gasteiger partial charge in [-0.1, -0.05) is 6.92 Å². The fourth-order valence-corrected chi connectivity index (χ4v) is 6.11. The standard InChI is InChI=1S/C15H16N4O6S2.Na/c1-5-8(7-3-18-4-17-12(14(18)26-7)27(16,24)25)11(15(22)23)19-10(5)9(6(2)20)13(19)21;/h3-6,9-10,20H,1-2H3,(H,22,23)(H2,16,24,25);/q;+1/p-1/t5-,6+,9+,10+;/m0./s1. The summed E-state index contributed by atoms with van der Waals surface area (Å²) >= 11 is 1.01. The number of nitrogens with zero attached hydrogens (tertiary/aromatic N) is 3. The molecule has 1 fully saturated rings. The van der Waals surface area contributed by atoms with Crippen LogP contribution in [0.25, 0.3) is 10.4 Å². The van der Waals surface area contributed by atoms with Crippen LogP contribution in [-0.4, -0.2) is 51.8 Å². The zero-order valence-corrected chi connectivity index (χ0v) is 18.8. The number of rotatable bonds is 4. The molecular weight excluding hydrogens is 419 g/mol. The third-order valence-electron chi connectivity index (χ3n) is 5.08. The zero-order valence-electron chi connectivity index (χ0n) is 15.2. The topological polar surface area (TPSA) is 158 Å². The maximum Gasteiger partial charge on any atom is 1.00 e. The molecule has 0 radical (unpaired) electrons. The first kappa shape index (κ1) is 21.4. The molecule has 4 heterocycles. The second-order valence-corrected chi connectivity index (χ2v) is 9.21. The second-order valence-electron chi connectivity index (χ2n) is 6.71. The summed E-state index contributed by atoms with van der Waals surface area (Å²) < 4.78 is 24.8. The zero-order chi connectivity index (χ0) is 19.8. The molecule has 4 rings (SSSR count). The van der Waals surface area contributed by atoms with E-state index in [0.717, 1.165) is 16.2 Å². The molecule has 3 N–H and O–H groups in total. The first-order valence-corrected chi connectivity index (χ1v) is 10.4. The van der Waals surface area contributed by atoms with Crippen molar-refractivity contribution in [3.63, 3.8) is 0 Å². The number of aliphatic hydroxyl groups excluding tert-OH is 1. The van der Waals surface area contributed by atoms with Gasteiger partial charge < -0.3 is 19.9 Å². The number of amides is 1. The van der Waals surface area contributed by atoms with Gasteiger partial charge in [0.2, 0.25) is 10.9 Å². The van der Waals surface area contributed by atoms with Crippen LogP contribution >= 0.6 is 11.3 Å². The Kier molecular flexibility index (Phi) is 5.28. The molecule has 1 amide bonds. The van der Waals surface area contributed by atoms with Crippen LogP contribution in [-0.2, 0) is 19.6 Å². The maximum absolute atomic E-state index is 12.4. The van der Waals surface area contributed by atoms with Gasteiger partial charge in [0.15, 0.2) is 0 Å². The van der Waals surface area contributed by atoms with E-state index in [4.69, 9.17) is 5.14 Å². The molecule has 0 saturated carbocycles. The number of hydrogen-bond donors (Lipinski definition) is 2. The number of imidazole rings is 1. The predicted octanol–water partition coefficient (Wildman–Crippen LogP) is -4.63. The molecule has 10 nitrogen and oxygen atoms in total. The van der Waals surface area contributed by atoms with Gasteiger partial charge in [0, 0.05) is 17.7 Å². The number of β-lactam (4-membered cyclic amide) rings is 1. The van der Waals surface area contributed by atoms with Gasteiger partial charge in [0.1, 0.15) is 11.2 Å². The van der Waals surface area contributed by atoms with E-state index >= 15 is 0 Å². The van der Waals surface area contributed by atoms with Crippen molar-refractivity contribution in [3.8, 4) is 0 Å². The Morgan fingerprint density at radius 1 is 1.46 bits per heavy atom. The van der Waals surface area contributed by atoms with Crippen LogP contribution in [0.3, 0.4) is 0 Å². The molecule has 0 aromatic carbocycles. The Hall–Kier alpha value is -1.28. The van der Waals surface area contributed by atoms with E-state index in [2.05, 4.69) is 4.98 Å². The number of hydrogen-bond acceptors (Lipinski definition) is 8. The molecule has 2 aliphatic rings. The van der Waals surface area contributed by atoms with Crippen molar-refractivity contribution >= 4 is 43.6 Å². The minimum Gasteiger partial charge on any atom is -0.543 e. The van der Waals surface area contributed by atoms with Crippen molar-refractivity contribution in [2.75, 3.05) is 0 Å². The number of fused-ring (bicyclic) bond motifs is 2. The van der Waals surface area contributed by atoms with Crippen molar-refractivity contribution in [1.29, 1.82) is 0 Å². The average Bonchev–Trinajstić information content (AvgIpc) is 3.15. The molecule has 2 aliphatic heterocycles. The summed E-state index contributed by atoms with van der Waals surface area (Å²) in [4.78, 5) is 29.8. The molecule has 0 bridgehead atoms. The minimum atomic E-state index is -4.04. The molecule has 1 saturated heterocycles. The minimum absolute atomic E-state index is 0. The molecule has 4 atom stereocenters. The number of carboxylic acid groups (broad SMARTS) is 1. The SMILES string of the molecule is C[C@@H](O)[C@H]1C(=O)N2C(C(=O)[O-])=C(c3cn4cnc(S(N)(=O)=O)c4s3)[C@H](C)[C@H]12.[Na+]. The third kappa shape index (κ3) is 2.86. The number of aromatic nitrogens is 2. The third-order valence-corrected chi connectivity index (χ3v) is 7.19. The molecular formula is C15H15N4NaO6S2. The van der Waals surface area contributed by atoms with Crippen LogP contribution in [0.4, 0.5) is 0 Å². The molecule has 2 aromatic rings. The number of nitrogens with two attached hydrogens (primary N) is 1. The monoisotopic (exact) mass is 434 g/mol. The summed E-state index contributed by atoms with van der Waals surface area (Å²) in [6.07, 6.45) is 1.90. The first-order chi connectivity index (χ1) is 12.5. The number of primary sulfonamides is 1. The molecule has 0 aliphatic carbocycles. The van der Waals surface area contributed by atoms with Gasteiger partial charge in [0.25, 0.3) is 10.0 Å². The van der Waals surface area contributed by atoms with Gasteiger partial charge in [-0.15, -0.1) is 11.3 Å². The number of sulfonamides is 1. The van der Waals surface area contributed by atoms with Gasteiger partial charge in [-0.05, 0) is 6.92 Å². The molecule has 28 heavy (non-hydrogen) atoms. The smallest absolute Gasteiger partial charge is 0.543 e. The number of carbonyl (C=O) groups is 2. The van der Waals surface area contributed by atoms with Crippen molar-refractivity contribution in [2.24, 2.45) is 17.0 Å². The van der Waals surface area contributed by atoms with Gasteiger partial charge in [-0.25, -0.2) is 18.5 Å². The number of carboxylic acids is 1. The largest absolute Gasteiger partial charge is 1.00 e. The van der Waals surface area contributed by atoms with E-state index in [0.29, 0.717) is 10.5 Å². The molecule has 144 valence electrons. The van der Waals surface area contributed by atoms with E-state index in [1.54, 1.807) is 13.1 Å². The van der Waals surface area contributed by atoms with Gasteiger partial charge in [0.05, 0.1) is 34.6 Å². The predicted molar refractivity (Wildman–Crippen MR) is 91.3 cm³/mol. The van der Waals surface area contributed by atoms with Crippen LogP contribution in [0.15, 0.2) is 23.2 Å². The van der Waals surface area contributed by atoms with E-state index < -0.39 is 40.0 Å². The fourth-order valence-electron chi connectivity index (χ4n) is 3.98. The van der Waals surface area contributed by atoms with E-state index in [1.807, 2.05) is 0 Å². The summed E-state index contributed by atoms with van der Waals surface area (Å²) in [5, 5.41) is 26.5. The summed E-state index contributed by atoms with van der Waals surface area (Å²) in [5.41, 5.74) is 0.120. The normalized spacial score (nSPS) is 25.5. The summed E-state index contributed by atoms with van der Waals surface area (Å²) in [6.45, 7) is 3.25.